The third kappa shape index (κ3) is 4.30. The van der Waals surface area contributed by atoms with Crippen LogP contribution in [0.2, 0.25) is 0 Å². The van der Waals surface area contributed by atoms with E-state index in [0.717, 1.165) is 5.56 Å². The molecule has 1 amide bonds. The van der Waals surface area contributed by atoms with Crippen LogP contribution in [-0.4, -0.2) is 11.9 Å². The minimum Gasteiger partial charge on any atom is -0.444 e. The molecule has 0 atom stereocenters. The number of ketones is 1. The van der Waals surface area contributed by atoms with Crippen LogP contribution in [0.5, 0.6) is 0 Å². The number of rotatable bonds is 5. The number of hydrogen-bond donors (Lipinski definition) is 1. The van der Waals surface area contributed by atoms with Gasteiger partial charge >= 0.3 is 6.09 Å². The van der Waals surface area contributed by atoms with Crippen molar-refractivity contribution in [2.24, 2.45) is 0 Å². The molecule has 1 N–H and O–H groups in total. The summed E-state index contributed by atoms with van der Waals surface area (Å²) < 4.78 is 18.1. The zero-order chi connectivity index (χ0) is 17.6. The van der Waals surface area contributed by atoms with E-state index in [9.17, 15) is 14.0 Å². The maximum atomic E-state index is 13.0. The fourth-order valence-electron chi connectivity index (χ4n) is 2.19. The molecule has 0 aliphatic carbocycles. The first kappa shape index (κ1) is 16.9. The Morgan fingerprint density at radius 3 is 2.44 bits per heavy atom. The fraction of sp³-hybridized carbons (Fsp3) is 0.0526. The van der Waals surface area contributed by atoms with Crippen LogP contribution in [-0.2, 0) is 11.3 Å². The molecule has 3 aromatic rings. The van der Waals surface area contributed by atoms with Crippen LogP contribution < -0.4 is 5.32 Å². The Morgan fingerprint density at radius 2 is 1.72 bits per heavy atom. The van der Waals surface area contributed by atoms with Crippen LogP contribution in [0.25, 0.3) is 0 Å². The summed E-state index contributed by atoms with van der Waals surface area (Å²) in [7, 11) is 0. The summed E-state index contributed by atoms with van der Waals surface area (Å²) in [5.74, 6) is -0.704. The van der Waals surface area contributed by atoms with Gasteiger partial charge in [0.25, 0.3) is 0 Å². The molecule has 3 rings (SSSR count). The molecular weight excluding hydrogens is 341 g/mol. The Labute approximate surface area is 147 Å². The predicted octanol–water partition coefficient (Wildman–Crippen LogP) is 4.87. The average Bonchev–Trinajstić information content (AvgIpc) is 3.09. The van der Waals surface area contributed by atoms with Gasteiger partial charge in [-0.3, -0.25) is 10.1 Å². The molecule has 25 heavy (non-hydrogen) atoms. The highest BCUT2D eigenvalue weighted by Gasteiger charge is 2.17. The summed E-state index contributed by atoms with van der Waals surface area (Å²) >= 11 is 1.22. The van der Waals surface area contributed by atoms with E-state index >= 15 is 0 Å². The van der Waals surface area contributed by atoms with Gasteiger partial charge in [0.2, 0.25) is 0 Å². The van der Waals surface area contributed by atoms with Crippen molar-refractivity contribution in [2.45, 2.75) is 6.61 Å². The number of carbonyl (C=O) groups excluding carboxylic acids is 2. The second-order valence-corrected chi connectivity index (χ2v) is 6.10. The van der Waals surface area contributed by atoms with Crippen molar-refractivity contribution in [1.29, 1.82) is 0 Å². The Hall–Kier alpha value is -2.99. The van der Waals surface area contributed by atoms with E-state index in [0.29, 0.717) is 16.1 Å². The number of amides is 1. The van der Waals surface area contributed by atoms with Gasteiger partial charge in [0.1, 0.15) is 17.4 Å². The third-order valence-electron chi connectivity index (χ3n) is 3.44. The standard InChI is InChI=1S/C19H14FNO3S/c20-15-8-6-14(7-9-15)17(22)16-10-11-25-18(16)21-19(23)24-12-13-4-2-1-3-5-13/h1-11H,12H2,(H,21,23). The van der Waals surface area contributed by atoms with Gasteiger partial charge in [-0.15, -0.1) is 11.3 Å². The van der Waals surface area contributed by atoms with Crippen LogP contribution in [0.3, 0.4) is 0 Å². The number of nitrogens with one attached hydrogen (secondary N) is 1. The van der Waals surface area contributed by atoms with Crippen LogP contribution >= 0.6 is 11.3 Å². The zero-order valence-electron chi connectivity index (χ0n) is 13.1. The minimum absolute atomic E-state index is 0.138. The highest BCUT2D eigenvalue weighted by atomic mass is 32.1. The van der Waals surface area contributed by atoms with Gasteiger partial charge in [-0.1, -0.05) is 30.3 Å². The normalized spacial score (nSPS) is 10.3. The largest absolute Gasteiger partial charge is 0.444 e. The number of halogens is 1. The molecule has 0 saturated carbocycles. The van der Waals surface area contributed by atoms with E-state index in [-0.39, 0.29) is 12.4 Å². The lowest BCUT2D eigenvalue weighted by atomic mass is 10.1. The van der Waals surface area contributed by atoms with Gasteiger partial charge in [-0.2, -0.15) is 0 Å². The lowest BCUT2D eigenvalue weighted by Gasteiger charge is -2.07. The first-order chi connectivity index (χ1) is 12.1. The number of anilines is 1. The molecule has 0 aliphatic rings. The lowest BCUT2D eigenvalue weighted by molar-refractivity contribution is 0.104. The molecular formula is C19H14FNO3S. The summed E-state index contributed by atoms with van der Waals surface area (Å²) in [5.41, 5.74) is 1.56. The van der Waals surface area contributed by atoms with E-state index in [4.69, 9.17) is 4.74 Å². The van der Waals surface area contributed by atoms with E-state index in [1.807, 2.05) is 30.3 Å². The second-order valence-electron chi connectivity index (χ2n) is 5.19. The molecule has 0 fully saturated rings. The average molecular weight is 355 g/mol. The van der Waals surface area contributed by atoms with Crippen molar-refractivity contribution < 1.29 is 18.7 Å². The molecule has 4 nitrogen and oxygen atoms in total. The molecule has 6 heteroatoms. The zero-order valence-corrected chi connectivity index (χ0v) is 13.9. The molecule has 126 valence electrons. The van der Waals surface area contributed by atoms with E-state index in [1.165, 1.54) is 35.6 Å². The predicted molar refractivity (Wildman–Crippen MR) is 94.4 cm³/mol. The van der Waals surface area contributed by atoms with Gasteiger partial charge in [-0.05, 0) is 41.3 Å². The van der Waals surface area contributed by atoms with Crippen molar-refractivity contribution in [3.05, 3.63) is 88.6 Å². The topological polar surface area (TPSA) is 55.4 Å². The molecule has 0 spiro atoms. The van der Waals surface area contributed by atoms with Crippen molar-refractivity contribution in [1.82, 2.24) is 0 Å². The second kappa shape index (κ2) is 7.72. The highest BCUT2D eigenvalue weighted by molar-refractivity contribution is 7.14. The Kier molecular flexibility index (Phi) is 5.20. The molecule has 2 aromatic carbocycles. The van der Waals surface area contributed by atoms with Crippen molar-refractivity contribution in [3.8, 4) is 0 Å². The Bertz CT molecular complexity index is 875. The van der Waals surface area contributed by atoms with Crippen LogP contribution in [0, 0.1) is 5.82 Å². The molecule has 0 bridgehead atoms. The van der Waals surface area contributed by atoms with Gasteiger partial charge in [0.15, 0.2) is 5.78 Å². The Balaban J connectivity index is 1.66. The van der Waals surface area contributed by atoms with Crippen molar-refractivity contribution in [3.63, 3.8) is 0 Å². The van der Waals surface area contributed by atoms with Gasteiger partial charge in [-0.25, -0.2) is 9.18 Å². The number of benzene rings is 2. The van der Waals surface area contributed by atoms with E-state index in [2.05, 4.69) is 5.32 Å². The van der Waals surface area contributed by atoms with Gasteiger partial charge in [0.05, 0.1) is 5.56 Å². The SMILES string of the molecule is O=C(Nc1sccc1C(=O)c1ccc(F)cc1)OCc1ccccc1. The summed E-state index contributed by atoms with van der Waals surface area (Å²) in [6.45, 7) is 0.138. The maximum Gasteiger partial charge on any atom is 0.412 e. The monoisotopic (exact) mass is 355 g/mol. The highest BCUT2D eigenvalue weighted by Crippen LogP contribution is 2.26. The molecule has 1 aromatic heterocycles. The van der Waals surface area contributed by atoms with Crippen LogP contribution in [0.1, 0.15) is 21.5 Å². The molecule has 0 radical (unpaired) electrons. The quantitative estimate of drug-likeness (QED) is 0.665. The van der Waals surface area contributed by atoms with Crippen LogP contribution in [0.15, 0.2) is 66.0 Å². The number of hydrogen-bond acceptors (Lipinski definition) is 4. The van der Waals surface area contributed by atoms with Crippen molar-refractivity contribution >= 4 is 28.2 Å². The van der Waals surface area contributed by atoms with Gasteiger partial charge < -0.3 is 4.74 Å². The summed E-state index contributed by atoms with van der Waals surface area (Å²) in [6.07, 6.45) is -0.639. The lowest BCUT2D eigenvalue weighted by Crippen LogP contribution is -2.15. The first-order valence-corrected chi connectivity index (χ1v) is 8.37. The first-order valence-electron chi connectivity index (χ1n) is 7.49. The summed E-state index contributed by atoms with van der Waals surface area (Å²) in [4.78, 5) is 24.4. The third-order valence-corrected chi connectivity index (χ3v) is 4.27. The number of ether oxygens (including phenoxy) is 1. The maximum absolute atomic E-state index is 13.0. The number of thiophene rings is 1. The number of carbonyl (C=O) groups is 2. The minimum atomic E-state index is -0.639. The van der Waals surface area contributed by atoms with Crippen LogP contribution in [0.4, 0.5) is 14.2 Å². The molecule has 0 aliphatic heterocycles. The van der Waals surface area contributed by atoms with E-state index < -0.39 is 11.9 Å². The van der Waals surface area contributed by atoms with Gasteiger partial charge in [0, 0.05) is 5.56 Å². The molecule has 1 heterocycles. The summed E-state index contributed by atoms with van der Waals surface area (Å²) in [5, 5.41) is 4.68. The smallest absolute Gasteiger partial charge is 0.412 e. The Morgan fingerprint density at radius 1 is 1.00 bits per heavy atom. The molecule has 0 unspecified atom stereocenters. The van der Waals surface area contributed by atoms with Crippen molar-refractivity contribution in [2.75, 3.05) is 5.32 Å². The molecule has 0 saturated heterocycles. The van der Waals surface area contributed by atoms with E-state index in [1.54, 1.807) is 11.4 Å². The fourth-order valence-corrected chi connectivity index (χ4v) is 2.96. The summed E-state index contributed by atoms with van der Waals surface area (Å²) in [6, 6.07) is 16.2.